The lowest BCUT2D eigenvalue weighted by atomic mass is 10.2. The lowest BCUT2D eigenvalue weighted by molar-refractivity contribution is 0.0978. The summed E-state index contributed by atoms with van der Waals surface area (Å²) in [5, 5.41) is 0. The number of nitrogens with one attached hydrogen (secondary N) is 1. The fraction of sp³-hybridized carbons (Fsp3) is 0. The number of aromatic nitrogens is 1. The van der Waals surface area contributed by atoms with E-state index in [0.717, 1.165) is 11.9 Å². The fourth-order valence-corrected chi connectivity index (χ4v) is 1.90. The van der Waals surface area contributed by atoms with Crippen LogP contribution < -0.4 is 4.72 Å². The average Bonchev–Trinajstić information content (AvgIpc) is 2.41. The number of carbonyl (C=O) groups is 1. The van der Waals surface area contributed by atoms with Gasteiger partial charge in [0.1, 0.15) is 0 Å². The summed E-state index contributed by atoms with van der Waals surface area (Å²) in [4.78, 5) is 14.9. The van der Waals surface area contributed by atoms with Crippen LogP contribution in [-0.4, -0.2) is 10.9 Å². The predicted molar refractivity (Wildman–Crippen MR) is 63.9 cm³/mol. The molecule has 1 heterocycles. The Labute approximate surface area is 111 Å². The van der Waals surface area contributed by atoms with E-state index in [0.29, 0.717) is 11.0 Å². The van der Waals surface area contributed by atoms with Crippen LogP contribution >= 0.6 is 11.9 Å². The Kier molecular flexibility index (Phi) is 4.06. The van der Waals surface area contributed by atoms with E-state index in [1.807, 2.05) is 0 Å². The van der Waals surface area contributed by atoms with Crippen molar-refractivity contribution in [2.24, 2.45) is 0 Å². The molecule has 7 heteroatoms. The molecule has 1 aromatic heterocycles. The zero-order valence-electron chi connectivity index (χ0n) is 9.36. The lowest BCUT2D eigenvalue weighted by Gasteiger charge is -2.05. The van der Waals surface area contributed by atoms with Crippen LogP contribution in [0.25, 0.3) is 0 Å². The molecule has 1 aromatic carbocycles. The van der Waals surface area contributed by atoms with E-state index >= 15 is 0 Å². The summed E-state index contributed by atoms with van der Waals surface area (Å²) in [5.74, 6) is -5.32. The number of amides is 1. The van der Waals surface area contributed by atoms with Crippen molar-refractivity contribution in [3.63, 3.8) is 0 Å². The van der Waals surface area contributed by atoms with E-state index in [-0.39, 0.29) is 0 Å². The fourth-order valence-electron chi connectivity index (χ4n) is 1.28. The third kappa shape index (κ3) is 3.25. The Morgan fingerprint density at radius 1 is 1.16 bits per heavy atom. The molecule has 0 saturated carbocycles. The molecule has 0 aliphatic rings. The second-order valence-electron chi connectivity index (χ2n) is 3.44. The largest absolute Gasteiger partial charge is 0.292 e. The number of rotatable bonds is 3. The molecule has 3 nitrogen and oxygen atoms in total. The van der Waals surface area contributed by atoms with Crippen molar-refractivity contribution >= 4 is 17.9 Å². The summed E-state index contributed by atoms with van der Waals surface area (Å²) in [6.45, 7) is 0. The van der Waals surface area contributed by atoms with Gasteiger partial charge in [-0.1, -0.05) is 18.2 Å². The van der Waals surface area contributed by atoms with Gasteiger partial charge in [0, 0.05) is 11.0 Å². The Bertz CT molecular complexity index is 607. The number of hydrogen-bond donors (Lipinski definition) is 1. The minimum absolute atomic E-state index is 0.541. The molecule has 2 aromatic rings. The standard InChI is InChI=1S/C12H7F3N2OS/c13-9-6-8(10(14)11(15)16-9)12(18)17-19-7-4-2-1-3-5-7/h1-6H,(H,17,18). The van der Waals surface area contributed by atoms with Crippen LogP contribution in [-0.2, 0) is 0 Å². The van der Waals surface area contributed by atoms with Crippen LogP contribution in [0, 0.1) is 17.7 Å². The first-order chi connectivity index (χ1) is 9.08. The number of nitrogens with zero attached hydrogens (tertiary/aromatic N) is 1. The number of hydrogen-bond acceptors (Lipinski definition) is 3. The predicted octanol–water partition coefficient (Wildman–Crippen LogP) is 2.94. The monoisotopic (exact) mass is 284 g/mol. The number of carbonyl (C=O) groups excluding carboxylic acids is 1. The van der Waals surface area contributed by atoms with E-state index in [1.54, 1.807) is 30.3 Å². The number of pyridine rings is 1. The van der Waals surface area contributed by atoms with E-state index < -0.39 is 29.2 Å². The van der Waals surface area contributed by atoms with Crippen LogP contribution in [0.2, 0.25) is 0 Å². The SMILES string of the molecule is O=C(NSc1ccccc1)c1cc(F)nc(F)c1F. The zero-order chi connectivity index (χ0) is 13.8. The molecule has 19 heavy (non-hydrogen) atoms. The molecule has 1 amide bonds. The van der Waals surface area contributed by atoms with E-state index in [2.05, 4.69) is 9.71 Å². The first-order valence-corrected chi connectivity index (χ1v) is 5.93. The third-order valence-electron chi connectivity index (χ3n) is 2.14. The molecule has 0 unspecified atom stereocenters. The highest BCUT2D eigenvalue weighted by atomic mass is 32.2. The van der Waals surface area contributed by atoms with Crippen LogP contribution in [0.1, 0.15) is 10.4 Å². The van der Waals surface area contributed by atoms with Crippen molar-refractivity contribution in [1.29, 1.82) is 0 Å². The summed E-state index contributed by atoms with van der Waals surface area (Å²) in [5.41, 5.74) is -0.728. The van der Waals surface area contributed by atoms with E-state index in [9.17, 15) is 18.0 Å². The molecule has 0 fully saturated rings. The zero-order valence-corrected chi connectivity index (χ0v) is 10.2. The van der Waals surface area contributed by atoms with Crippen LogP contribution in [0.15, 0.2) is 41.3 Å². The topological polar surface area (TPSA) is 42.0 Å². The van der Waals surface area contributed by atoms with Crippen molar-refractivity contribution in [3.05, 3.63) is 59.7 Å². The molecule has 0 radical (unpaired) electrons. The maximum atomic E-state index is 13.3. The van der Waals surface area contributed by atoms with E-state index in [4.69, 9.17) is 0 Å². The molecular weight excluding hydrogens is 277 g/mol. The van der Waals surface area contributed by atoms with Crippen molar-refractivity contribution in [1.82, 2.24) is 9.71 Å². The van der Waals surface area contributed by atoms with Gasteiger partial charge in [0.15, 0.2) is 5.82 Å². The first kappa shape index (κ1) is 13.4. The van der Waals surface area contributed by atoms with Gasteiger partial charge >= 0.3 is 0 Å². The minimum atomic E-state index is -1.64. The molecule has 0 aliphatic carbocycles. The highest BCUT2D eigenvalue weighted by Crippen LogP contribution is 2.16. The molecule has 0 aliphatic heterocycles. The van der Waals surface area contributed by atoms with Crippen molar-refractivity contribution in [3.8, 4) is 0 Å². The Hall–Kier alpha value is -2.02. The van der Waals surface area contributed by atoms with Gasteiger partial charge in [-0.05, 0) is 24.1 Å². The first-order valence-electron chi connectivity index (χ1n) is 5.11. The summed E-state index contributed by atoms with van der Waals surface area (Å²) >= 11 is 0.912. The lowest BCUT2D eigenvalue weighted by Crippen LogP contribution is -2.19. The van der Waals surface area contributed by atoms with Crippen molar-refractivity contribution in [2.75, 3.05) is 0 Å². The van der Waals surface area contributed by atoms with Crippen molar-refractivity contribution < 1.29 is 18.0 Å². The maximum absolute atomic E-state index is 13.3. The molecule has 0 bridgehead atoms. The van der Waals surface area contributed by atoms with Gasteiger partial charge in [0.25, 0.3) is 11.9 Å². The minimum Gasteiger partial charge on any atom is -0.292 e. The Morgan fingerprint density at radius 3 is 2.53 bits per heavy atom. The van der Waals surface area contributed by atoms with Crippen LogP contribution in [0.4, 0.5) is 13.2 Å². The molecule has 0 spiro atoms. The number of benzene rings is 1. The van der Waals surface area contributed by atoms with Crippen molar-refractivity contribution in [2.45, 2.75) is 4.90 Å². The van der Waals surface area contributed by atoms with Crippen LogP contribution in [0.5, 0.6) is 0 Å². The second-order valence-corrected chi connectivity index (χ2v) is 4.32. The highest BCUT2D eigenvalue weighted by Gasteiger charge is 2.18. The molecule has 2 rings (SSSR count). The Balaban J connectivity index is 2.13. The molecule has 0 saturated heterocycles. The Morgan fingerprint density at radius 2 is 1.84 bits per heavy atom. The summed E-state index contributed by atoms with van der Waals surface area (Å²) < 4.78 is 41.2. The average molecular weight is 284 g/mol. The molecule has 0 atom stereocenters. The van der Waals surface area contributed by atoms with Gasteiger partial charge in [0.2, 0.25) is 5.95 Å². The van der Waals surface area contributed by atoms with Crippen LogP contribution in [0.3, 0.4) is 0 Å². The van der Waals surface area contributed by atoms with Gasteiger partial charge < -0.3 is 0 Å². The van der Waals surface area contributed by atoms with E-state index in [1.165, 1.54) is 0 Å². The summed E-state index contributed by atoms with van der Waals surface area (Å²) in [6, 6.07) is 9.27. The third-order valence-corrected chi connectivity index (χ3v) is 2.93. The summed E-state index contributed by atoms with van der Waals surface area (Å²) in [6.07, 6.45) is 0. The second kappa shape index (κ2) is 5.75. The van der Waals surface area contributed by atoms with Gasteiger partial charge in [-0.25, -0.2) is 4.39 Å². The normalized spacial score (nSPS) is 10.3. The molecule has 1 N–H and O–H groups in total. The number of halogens is 3. The van der Waals surface area contributed by atoms with Gasteiger partial charge in [-0.3, -0.25) is 9.52 Å². The smallest absolute Gasteiger partial charge is 0.264 e. The van der Waals surface area contributed by atoms with Gasteiger partial charge in [-0.15, -0.1) is 0 Å². The quantitative estimate of drug-likeness (QED) is 0.696. The highest BCUT2D eigenvalue weighted by molar-refractivity contribution is 7.98. The maximum Gasteiger partial charge on any atom is 0.264 e. The molecular formula is C12H7F3N2OS. The molecule has 98 valence electrons. The van der Waals surface area contributed by atoms with Gasteiger partial charge in [-0.2, -0.15) is 13.8 Å². The summed E-state index contributed by atoms with van der Waals surface area (Å²) in [7, 11) is 0. The van der Waals surface area contributed by atoms with Gasteiger partial charge in [0.05, 0.1) is 5.56 Å².